The first kappa shape index (κ1) is 18.6. The molecule has 0 unspecified atom stereocenters. The first-order valence-corrected chi connectivity index (χ1v) is 8.98. The maximum absolute atomic E-state index is 5.45. The molecular weight excluding hydrogens is 354 g/mol. The molecule has 0 saturated heterocycles. The van der Waals surface area contributed by atoms with Crippen LogP contribution < -0.4 is 15.4 Å². The highest BCUT2D eigenvalue weighted by atomic mass is 32.1. The van der Waals surface area contributed by atoms with E-state index in [1.807, 2.05) is 66.7 Å². The minimum Gasteiger partial charge on any atom is -0.497 e. The van der Waals surface area contributed by atoms with Crippen LogP contribution >= 0.6 is 12.2 Å². The predicted octanol–water partition coefficient (Wildman–Crippen LogP) is 5.26. The Morgan fingerprint density at radius 1 is 0.815 bits per heavy atom. The Morgan fingerprint density at radius 2 is 1.44 bits per heavy atom. The molecule has 0 saturated carbocycles. The van der Waals surface area contributed by atoms with Crippen molar-refractivity contribution in [1.29, 1.82) is 0 Å². The van der Waals surface area contributed by atoms with E-state index in [-0.39, 0.29) is 0 Å². The van der Waals surface area contributed by atoms with Gasteiger partial charge in [-0.15, -0.1) is 0 Å². The van der Waals surface area contributed by atoms with Gasteiger partial charge in [-0.05, 0) is 55.5 Å². The maximum atomic E-state index is 5.45. The minimum atomic E-state index is 0.374. The van der Waals surface area contributed by atoms with Gasteiger partial charge >= 0.3 is 0 Å². The molecule has 0 aliphatic heterocycles. The third kappa shape index (κ3) is 5.39. The molecule has 0 amide bonds. The minimum absolute atomic E-state index is 0.374. The number of hydrogen-bond acceptors (Lipinski definition) is 2. The number of benzene rings is 3. The first-order valence-electron chi connectivity index (χ1n) is 8.57. The molecule has 4 nitrogen and oxygen atoms in total. The lowest BCUT2D eigenvalue weighted by Gasteiger charge is -2.12. The Hall–Kier alpha value is -3.18. The van der Waals surface area contributed by atoms with E-state index in [1.165, 1.54) is 5.56 Å². The molecule has 27 heavy (non-hydrogen) atoms. The lowest BCUT2D eigenvalue weighted by atomic mass is 10.1. The van der Waals surface area contributed by atoms with Crippen LogP contribution in [0.25, 0.3) is 0 Å². The lowest BCUT2D eigenvalue weighted by molar-refractivity contribution is 0.415. The number of methoxy groups -OCH3 is 1. The summed E-state index contributed by atoms with van der Waals surface area (Å²) in [6.07, 6.45) is 0. The fraction of sp³-hybridized carbons (Fsp3) is 0.0909. The van der Waals surface area contributed by atoms with E-state index in [9.17, 15) is 0 Å². The van der Waals surface area contributed by atoms with Gasteiger partial charge in [0.1, 0.15) is 11.6 Å². The van der Waals surface area contributed by atoms with Crippen molar-refractivity contribution >= 4 is 34.5 Å². The van der Waals surface area contributed by atoms with Gasteiger partial charge in [-0.2, -0.15) is 0 Å². The summed E-state index contributed by atoms with van der Waals surface area (Å²) in [5.74, 6) is 1.48. The van der Waals surface area contributed by atoms with Crippen LogP contribution in [0, 0.1) is 6.92 Å². The van der Waals surface area contributed by atoms with Gasteiger partial charge in [0.15, 0.2) is 5.11 Å². The normalized spacial score (nSPS) is 11.0. The number of aliphatic imine (C=N–C) groups is 1. The number of rotatable bonds is 4. The highest BCUT2D eigenvalue weighted by molar-refractivity contribution is 7.80. The second kappa shape index (κ2) is 8.96. The number of thiocarbonyl (C=S) groups is 1. The van der Waals surface area contributed by atoms with Crippen molar-refractivity contribution in [3.63, 3.8) is 0 Å². The number of hydrogen-bond donors (Lipinski definition) is 2. The quantitative estimate of drug-likeness (QED) is 0.371. The van der Waals surface area contributed by atoms with Gasteiger partial charge in [0.2, 0.25) is 0 Å². The van der Waals surface area contributed by atoms with E-state index in [0.29, 0.717) is 10.9 Å². The van der Waals surface area contributed by atoms with E-state index in [4.69, 9.17) is 17.0 Å². The Balaban J connectivity index is 1.83. The molecule has 3 rings (SSSR count). The van der Waals surface area contributed by atoms with Crippen molar-refractivity contribution in [2.24, 2.45) is 4.99 Å². The van der Waals surface area contributed by atoms with Crippen molar-refractivity contribution in [2.75, 3.05) is 17.7 Å². The van der Waals surface area contributed by atoms with Crippen LogP contribution in [0.3, 0.4) is 0 Å². The molecule has 3 aromatic rings. The van der Waals surface area contributed by atoms with Crippen molar-refractivity contribution in [3.8, 4) is 5.75 Å². The number of nitrogens with one attached hydrogen (secondary N) is 2. The predicted molar refractivity (Wildman–Crippen MR) is 117 cm³/mol. The van der Waals surface area contributed by atoms with E-state index in [2.05, 4.69) is 34.7 Å². The van der Waals surface area contributed by atoms with Crippen molar-refractivity contribution in [2.45, 2.75) is 6.92 Å². The Labute approximate surface area is 164 Å². The Kier molecular flexibility index (Phi) is 6.18. The van der Waals surface area contributed by atoms with Crippen molar-refractivity contribution < 1.29 is 4.74 Å². The molecule has 0 aromatic heterocycles. The molecule has 0 atom stereocenters. The van der Waals surface area contributed by atoms with Gasteiger partial charge in [0.05, 0.1) is 7.11 Å². The highest BCUT2D eigenvalue weighted by Gasteiger charge is 2.06. The monoisotopic (exact) mass is 375 g/mol. The number of para-hydroxylation sites is 1. The fourth-order valence-electron chi connectivity index (χ4n) is 2.46. The van der Waals surface area contributed by atoms with Gasteiger partial charge in [-0.1, -0.05) is 48.0 Å². The van der Waals surface area contributed by atoms with Crippen LogP contribution in [0.4, 0.5) is 11.4 Å². The molecule has 0 heterocycles. The molecule has 0 fully saturated rings. The van der Waals surface area contributed by atoms with Crippen LogP contribution in [0.1, 0.15) is 11.1 Å². The number of aryl methyl sites for hydroxylation is 1. The van der Waals surface area contributed by atoms with E-state index >= 15 is 0 Å². The summed E-state index contributed by atoms with van der Waals surface area (Å²) in [7, 11) is 1.64. The largest absolute Gasteiger partial charge is 0.497 e. The molecule has 0 bridgehead atoms. The second-order valence-electron chi connectivity index (χ2n) is 5.98. The summed E-state index contributed by atoms with van der Waals surface area (Å²) in [5, 5.41) is 6.87. The topological polar surface area (TPSA) is 45.6 Å². The molecule has 5 heteroatoms. The van der Waals surface area contributed by atoms with E-state index in [1.54, 1.807) is 7.11 Å². The third-order valence-electron chi connectivity index (χ3n) is 3.92. The van der Waals surface area contributed by atoms with Crippen molar-refractivity contribution in [1.82, 2.24) is 0 Å². The zero-order valence-corrected chi connectivity index (χ0v) is 16.1. The summed E-state index contributed by atoms with van der Waals surface area (Å²) >= 11 is 5.45. The third-order valence-corrected chi connectivity index (χ3v) is 4.11. The zero-order valence-electron chi connectivity index (χ0n) is 15.3. The summed E-state index contributed by atoms with van der Waals surface area (Å²) in [6.45, 7) is 2.06. The highest BCUT2D eigenvalue weighted by Crippen LogP contribution is 2.16. The van der Waals surface area contributed by atoms with Gasteiger partial charge < -0.3 is 15.4 Å². The lowest BCUT2D eigenvalue weighted by Crippen LogP contribution is -2.18. The maximum Gasteiger partial charge on any atom is 0.199 e. The molecule has 3 aromatic carbocycles. The van der Waals surface area contributed by atoms with Gasteiger partial charge in [0, 0.05) is 16.9 Å². The first-order chi connectivity index (χ1) is 13.1. The van der Waals surface area contributed by atoms with Gasteiger partial charge in [0.25, 0.3) is 0 Å². The average molecular weight is 375 g/mol. The summed E-state index contributed by atoms with van der Waals surface area (Å²) in [6, 6.07) is 25.6. The molecule has 0 radical (unpaired) electrons. The van der Waals surface area contributed by atoms with Crippen LogP contribution in [-0.4, -0.2) is 18.1 Å². The molecule has 0 spiro atoms. The SMILES string of the molecule is COc1ccc(NC(=S)/N=C(/Nc2ccccc2)c2ccc(C)cc2)cc1. The number of nitrogens with zero attached hydrogens (tertiary/aromatic N) is 1. The number of anilines is 2. The van der Waals surface area contributed by atoms with Gasteiger partial charge in [-0.25, -0.2) is 4.99 Å². The summed E-state index contributed by atoms with van der Waals surface area (Å²) in [5.41, 5.74) is 3.96. The fourth-order valence-corrected chi connectivity index (χ4v) is 2.67. The van der Waals surface area contributed by atoms with E-state index < -0.39 is 0 Å². The number of ether oxygens (including phenoxy) is 1. The van der Waals surface area contributed by atoms with Crippen LogP contribution in [-0.2, 0) is 0 Å². The van der Waals surface area contributed by atoms with Crippen molar-refractivity contribution in [3.05, 3.63) is 90.0 Å². The standard InChI is InChI=1S/C22H21N3OS/c1-16-8-10-17(11-9-16)21(23-18-6-4-3-5-7-18)25-22(27)24-19-12-14-20(26-2)15-13-19/h3-15H,1-2H3,(H2,23,24,25,27). The average Bonchev–Trinajstić information content (AvgIpc) is 2.69. The van der Waals surface area contributed by atoms with E-state index in [0.717, 1.165) is 22.7 Å². The summed E-state index contributed by atoms with van der Waals surface area (Å²) < 4.78 is 5.17. The Morgan fingerprint density at radius 3 is 2.07 bits per heavy atom. The van der Waals surface area contributed by atoms with Crippen LogP contribution in [0.2, 0.25) is 0 Å². The van der Waals surface area contributed by atoms with Crippen LogP contribution in [0.5, 0.6) is 5.75 Å². The Bertz CT molecular complexity index is 920. The molecular formula is C22H21N3OS. The molecule has 0 aliphatic rings. The summed E-state index contributed by atoms with van der Waals surface area (Å²) in [4.78, 5) is 4.60. The zero-order chi connectivity index (χ0) is 19.1. The smallest absolute Gasteiger partial charge is 0.199 e. The number of amidine groups is 1. The molecule has 0 aliphatic carbocycles. The van der Waals surface area contributed by atoms with Gasteiger partial charge in [-0.3, -0.25) is 0 Å². The molecule has 136 valence electrons. The second-order valence-corrected chi connectivity index (χ2v) is 6.36. The molecule has 2 N–H and O–H groups in total. The van der Waals surface area contributed by atoms with Crippen LogP contribution in [0.15, 0.2) is 83.9 Å².